The first-order valence-corrected chi connectivity index (χ1v) is 8.87. The summed E-state index contributed by atoms with van der Waals surface area (Å²) in [7, 11) is 0. The molecular formula is C21H17N3O4. The third kappa shape index (κ3) is 2.60. The minimum Gasteiger partial charge on any atom is -0.507 e. The number of nitrogens with zero attached hydrogens (tertiary/aromatic N) is 3. The second-order valence-electron chi connectivity index (χ2n) is 6.68. The predicted octanol–water partition coefficient (Wildman–Crippen LogP) is 3.63. The molecule has 5 rings (SSSR count). The molecule has 1 unspecified atom stereocenters. The Morgan fingerprint density at radius 1 is 1.00 bits per heavy atom. The molecule has 140 valence electrons. The number of phenols is 2. The molecule has 0 spiro atoms. The van der Waals surface area contributed by atoms with Crippen LogP contribution in [0.25, 0.3) is 21.7 Å². The van der Waals surface area contributed by atoms with E-state index in [0.717, 1.165) is 5.56 Å². The number of hydrogen-bond acceptors (Lipinski definition) is 6. The molecule has 1 aliphatic heterocycles. The van der Waals surface area contributed by atoms with Crippen molar-refractivity contribution in [3.63, 3.8) is 0 Å². The van der Waals surface area contributed by atoms with E-state index in [4.69, 9.17) is 9.47 Å². The van der Waals surface area contributed by atoms with Crippen LogP contribution in [0, 0.1) is 0 Å². The highest BCUT2D eigenvalue weighted by atomic mass is 16.7. The third-order valence-electron chi connectivity index (χ3n) is 5.01. The van der Waals surface area contributed by atoms with Crippen LogP contribution in [0.1, 0.15) is 11.6 Å². The van der Waals surface area contributed by atoms with E-state index < -0.39 is 0 Å². The summed E-state index contributed by atoms with van der Waals surface area (Å²) in [4.78, 5) is 0. The summed E-state index contributed by atoms with van der Waals surface area (Å²) >= 11 is 0. The van der Waals surface area contributed by atoms with E-state index in [1.54, 1.807) is 24.7 Å². The van der Waals surface area contributed by atoms with E-state index in [2.05, 4.69) is 10.2 Å². The lowest BCUT2D eigenvalue weighted by atomic mass is 10.0. The van der Waals surface area contributed by atoms with Crippen molar-refractivity contribution >= 4 is 21.7 Å². The van der Waals surface area contributed by atoms with Crippen molar-refractivity contribution in [2.75, 3.05) is 6.79 Å². The van der Waals surface area contributed by atoms with E-state index in [1.807, 2.05) is 34.9 Å². The number of allylic oxidation sites excluding steroid dienone is 1. The molecule has 3 heterocycles. The summed E-state index contributed by atoms with van der Waals surface area (Å²) in [6, 6.07) is 11.5. The second kappa shape index (κ2) is 6.45. The Bertz CT molecular complexity index is 1140. The van der Waals surface area contributed by atoms with Crippen molar-refractivity contribution in [3.05, 3.63) is 72.6 Å². The Morgan fingerprint density at radius 2 is 1.79 bits per heavy atom. The summed E-state index contributed by atoms with van der Waals surface area (Å²) in [5, 5.41) is 30.7. The summed E-state index contributed by atoms with van der Waals surface area (Å²) in [5.74, 6) is 0.741. The lowest BCUT2D eigenvalue weighted by Crippen LogP contribution is -2.13. The minimum atomic E-state index is -0.190. The number of rotatable bonds is 4. The molecule has 28 heavy (non-hydrogen) atoms. The molecule has 0 amide bonds. The maximum atomic E-state index is 10.7. The molecule has 1 aliphatic rings. The Labute approximate surface area is 160 Å². The van der Waals surface area contributed by atoms with Crippen molar-refractivity contribution in [3.8, 4) is 11.5 Å². The first kappa shape index (κ1) is 16.4. The Morgan fingerprint density at radius 3 is 2.54 bits per heavy atom. The summed E-state index contributed by atoms with van der Waals surface area (Å²) in [5.41, 5.74) is 1.40. The van der Waals surface area contributed by atoms with Gasteiger partial charge in [-0.25, -0.2) is 0 Å². The summed E-state index contributed by atoms with van der Waals surface area (Å²) in [6.07, 6.45) is 7.35. The zero-order valence-corrected chi connectivity index (χ0v) is 14.8. The van der Waals surface area contributed by atoms with Crippen LogP contribution in [0.5, 0.6) is 11.5 Å². The van der Waals surface area contributed by atoms with Crippen molar-refractivity contribution < 1.29 is 19.7 Å². The average Bonchev–Trinajstić information content (AvgIpc) is 3.42. The topological polar surface area (TPSA) is 89.6 Å². The molecule has 0 radical (unpaired) electrons. The first-order valence-electron chi connectivity index (χ1n) is 8.87. The lowest BCUT2D eigenvalue weighted by Gasteiger charge is -2.19. The van der Waals surface area contributed by atoms with E-state index in [0.29, 0.717) is 28.3 Å². The van der Waals surface area contributed by atoms with Crippen LogP contribution >= 0.6 is 0 Å². The molecule has 2 aromatic heterocycles. The number of phenolic OH excluding ortho intramolecular Hbond substituents is 2. The maximum absolute atomic E-state index is 10.7. The molecule has 1 atom stereocenters. The van der Waals surface area contributed by atoms with Gasteiger partial charge in [0.15, 0.2) is 11.5 Å². The number of aromatic nitrogens is 3. The van der Waals surface area contributed by atoms with Gasteiger partial charge in [0.1, 0.15) is 17.5 Å². The Kier molecular flexibility index (Phi) is 3.79. The van der Waals surface area contributed by atoms with Crippen LogP contribution in [0.3, 0.4) is 0 Å². The van der Waals surface area contributed by atoms with Crippen LogP contribution in [-0.2, 0) is 15.9 Å². The van der Waals surface area contributed by atoms with Crippen molar-refractivity contribution in [1.29, 1.82) is 0 Å². The monoisotopic (exact) mass is 375 g/mol. The predicted molar refractivity (Wildman–Crippen MR) is 103 cm³/mol. The molecule has 0 bridgehead atoms. The Hall–Kier alpha value is -3.74. The van der Waals surface area contributed by atoms with E-state index >= 15 is 0 Å². The highest BCUT2D eigenvalue weighted by Gasteiger charge is 2.25. The molecule has 0 saturated carbocycles. The number of benzene rings is 2. The van der Waals surface area contributed by atoms with Gasteiger partial charge >= 0.3 is 0 Å². The van der Waals surface area contributed by atoms with Gasteiger partial charge in [-0.05, 0) is 11.6 Å². The highest BCUT2D eigenvalue weighted by Crippen LogP contribution is 2.42. The standard InChI is InChI=1S/C21H17N3O4/c25-20-14-6-7-22-23-19(14)21(26)16-10-24(9-15(16)20)17(18-11-27-12-28-18)8-13-4-2-1-3-5-13/h1-7,9-11,17,25-26H,8,12H2. The van der Waals surface area contributed by atoms with Gasteiger partial charge < -0.3 is 24.3 Å². The van der Waals surface area contributed by atoms with Gasteiger partial charge in [0.2, 0.25) is 6.79 Å². The van der Waals surface area contributed by atoms with Gasteiger partial charge in [-0.1, -0.05) is 30.3 Å². The second-order valence-corrected chi connectivity index (χ2v) is 6.68. The number of aromatic hydroxyl groups is 2. The molecule has 2 N–H and O–H groups in total. The fourth-order valence-corrected chi connectivity index (χ4v) is 3.62. The zero-order valence-electron chi connectivity index (χ0n) is 14.8. The van der Waals surface area contributed by atoms with Crippen molar-refractivity contribution in [1.82, 2.24) is 14.8 Å². The summed E-state index contributed by atoms with van der Waals surface area (Å²) in [6.45, 7) is 0.178. The molecule has 0 saturated heterocycles. The number of hydrogen-bond donors (Lipinski definition) is 2. The fourth-order valence-electron chi connectivity index (χ4n) is 3.62. The molecule has 7 heteroatoms. The van der Waals surface area contributed by atoms with Gasteiger partial charge in [0.05, 0.1) is 17.6 Å². The van der Waals surface area contributed by atoms with Crippen LogP contribution < -0.4 is 0 Å². The van der Waals surface area contributed by atoms with Crippen LogP contribution in [0.2, 0.25) is 0 Å². The van der Waals surface area contributed by atoms with Crippen LogP contribution in [0.15, 0.2) is 67.0 Å². The Balaban J connectivity index is 1.67. The largest absolute Gasteiger partial charge is 0.507 e. The molecule has 4 aromatic rings. The number of fused-ring (bicyclic) bond motifs is 2. The first-order chi connectivity index (χ1) is 13.7. The van der Waals surface area contributed by atoms with Gasteiger partial charge in [-0.3, -0.25) is 0 Å². The SMILES string of the molecule is Oc1c2cn(C(Cc3ccccc3)C3=COCO3)cc2c(O)c2nnccc12. The molecular weight excluding hydrogens is 358 g/mol. The van der Waals surface area contributed by atoms with Crippen molar-refractivity contribution in [2.45, 2.75) is 12.5 Å². The molecule has 7 nitrogen and oxygen atoms in total. The van der Waals surface area contributed by atoms with Gasteiger partial charge in [-0.15, -0.1) is 5.10 Å². The van der Waals surface area contributed by atoms with E-state index in [1.165, 1.54) is 6.20 Å². The van der Waals surface area contributed by atoms with Gasteiger partial charge in [0.25, 0.3) is 0 Å². The average molecular weight is 375 g/mol. The summed E-state index contributed by atoms with van der Waals surface area (Å²) < 4.78 is 12.8. The van der Waals surface area contributed by atoms with Gasteiger partial charge in [-0.2, -0.15) is 5.10 Å². The molecule has 0 fully saturated rings. The molecule has 0 aliphatic carbocycles. The van der Waals surface area contributed by atoms with E-state index in [9.17, 15) is 10.2 Å². The third-order valence-corrected chi connectivity index (χ3v) is 5.01. The minimum absolute atomic E-state index is 0.00863. The maximum Gasteiger partial charge on any atom is 0.229 e. The van der Waals surface area contributed by atoms with E-state index in [-0.39, 0.29) is 29.9 Å². The van der Waals surface area contributed by atoms with Crippen LogP contribution in [0.4, 0.5) is 0 Å². The van der Waals surface area contributed by atoms with Crippen LogP contribution in [-0.4, -0.2) is 31.8 Å². The number of ether oxygens (including phenoxy) is 2. The van der Waals surface area contributed by atoms with Gasteiger partial charge in [0, 0.05) is 29.6 Å². The highest BCUT2D eigenvalue weighted by molar-refractivity contribution is 6.08. The quantitative estimate of drug-likeness (QED) is 0.530. The molecule has 2 aromatic carbocycles. The fraction of sp³-hybridized carbons (Fsp3) is 0.143. The smallest absolute Gasteiger partial charge is 0.229 e. The lowest BCUT2D eigenvalue weighted by molar-refractivity contribution is 0.0712. The zero-order chi connectivity index (χ0) is 19.1. The normalized spacial score (nSPS) is 14.6. The van der Waals surface area contributed by atoms with Crippen molar-refractivity contribution in [2.24, 2.45) is 0 Å².